The SMILES string of the molecule is CCCNC(=O)N(CCc1ncccc1Cl)C(=N)N. The predicted molar refractivity (Wildman–Crippen MR) is 75.3 cm³/mol. The molecule has 104 valence electrons. The summed E-state index contributed by atoms with van der Waals surface area (Å²) >= 11 is 5.98. The number of pyridine rings is 1. The Morgan fingerprint density at radius 3 is 2.95 bits per heavy atom. The van der Waals surface area contributed by atoms with Crippen molar-refractivity contribution in [1.29, 1.82) is 5.41 Å². The number of nitrogens with zero attached hydrogens (tertiary/aromatic N) is 2. The van der Waals surface area contributed by atoms with Crippen molar-refractivity contribution in [3.05, 3.63) is 29.0 Å². The van der Waals surface area contributed by atoms with E-state index in [1.54, 1.807) is 18.3 Å². The van der Waals surface area contributed by atoms with E-state index >= 15 is 0 Å². The van der Waals surface area contributed by atoms with Crippen LogP contribution in [-0.4, -0.2) is 35.0 Å². The Morgan fingerprint density at radius 2 is 2.37 bits per heavy atom. The number of carbonyl (C=O) groups is 1. The van der Waals surface area contributed by atoms with Gasteiger partial charge in [-0.2, -0.15) is 0 Å². The molecule has 0 spiro atoms. The zero-order valence-corrected chi connectivity index (χ0v) is 11.6. The number of nitrogens with one attached hydrogen (secondary N) is 2. The molecule has 1 aromatic rings. The van der Waals surface area contributed by atoms with Crippen LogP contribution in [0.5, 0.6) is 0 Å². The van der Waals surface area contributed by atoms with Crippen LogP contribution in [0, 0.1) is 5.41 Å². The number of nitrogens with two attached hydrogens (primary N) is 1. The molecule has 0 radical (unpaired) electrons. The molecule has 0 saturated carbocycles. The van der Waals surface area contributed by atoms with Crippen molar-refractivity contribution in [2.24, 2.45) is 5.73 Å². The molecule has 1 rings (SSSR count). The van der Waals surface area contributed by atoms with Crippen LogP contribution in [0.3, 0.4) is 0 Å². The van der Waals surface area contributed by atoms with Crippen LogP contribution in [0.15, 0.2) is 18.3 Å². The van der Waals surface area contributed by atoms with Gasteiger partial charge in [-0.1, -0.05) is 18.5 Å². The first-order valence-corrected chi connectivity index (χ1v) is 6.42. The first kappa shape index (κ1) is 15.2. The van der Waals surface area contributed by atoms with Crippen LogP contribution in [0.4, 0.5) is 4.79 Å². The Balaban J connectivity index is 2.62. The van der Waals surface area contributed by atoms with Gasteiger partial charge in [0, 0.05) is 25.7 Å². The molecule has 0 saturated heterocycles. The van der Waals surface area contributed by atoms with Crippen molar-refractivity contribution < 1.29 is 4.79 Å². The van der Waals surface area contributed by atoms with E-state index in [0.717, 1.165) is 6.42 Å². The average Bonchev–Trinajstić information content (AvgIpc) is 2.38. The van der Waals surface area contributed by atoms with E-state index in [1.807, 2.05) is 6.92 Å². The number of rotatable bonds is 5. The van der Waals surface area contributed by atoms with Crippen LogP contribution < -0.4 is 11.1 Å². The van der Waals surface area contributed by atoms with Crippen LogP contribution in [0.25, 0.3) is 0 Å². The second kappa shape index (κ2) is 7.58. The van der Waals surface area contributed by atoms with E-state index in [9.17, 15) is 4.79 Å². The molecule has 0 aliphatic carbocycles. The number of urea groups is 1. The summed E-state index contributed by atoms with van der Waals surface area (Å²) in [6.45, 7) is 2.76. The molecule has 0 fully saturated rings. The third-order valence-electron chi connectivity index (χ3n) is 2.47. The highest BCUT2D eigenvalue weighted by atomic mass is 35.5. The first-order valence-electron chi connectivity index (χ1n) is 6.05. The molecule has 0 aliphatic heterocycles. The molecule has 0 atom stereocenters. The quantitative estimate of drug-likeness (QED) is 0.566. The summed E-state index contributed by atoms with van der Waals surface area (Å²) in [5, 5.41) is 10.6. The number of guanidine groups is 1. The summed E-state index contributed by atoms with van der Waals surface area (Å²) in [5.41, 5.74) is 6.09. The van der Waals surface area contributed by atoms with E-state index < -0.39 is 0 Å². The largest absolute Gasteiger partial charge is 0.370 e. The van der Waals surface area contributed by atoms with E-state index in [-0.39, 0.29) is 18.5 Å². The number of aromatic nitrogens is 1. The Hall–Kier alpha value is -1.82. The minimum absolute atomic E-state index is 0.265. The molecule has 4 N–H and O–H groups in total. The van der Waals surface area contributed by atoms with Crippen molar-refractivity contribution in [2.75, 3.05) is 13.1 Å². The highest BCUT2D eigenvalue weighted by Crippen LogP contribution is 2.12. The molecule has 1 heterocycles. The van der Waals surface area contributed by atoms with Gasteiger partial charge in [0.15, 0.2) is 5.96 Å². The van der Waals surface area contributed by atoms with Crippen molar-refractivity contribution in [2.45, 2.75) is 19.8 Å². The second-order valence-corrected chi connectivity index (χ2v) is 4.36. The molecule has 0 bridgehead atoms. The second-order valence-electron chi connectivity index (χ2n) is 3.95. The smallest absolute Gasteiger partial charge is 0.324 e. The number of carbonyl (C=O) groups excluding carboxylic acids is 1. The zero-order chi connectivity index (χ0) is 14.3. The van der Waals surface area contributed by atoms with Gasteiger partial charge in [0.1, 0.15) is 0 Å². The summed E-state index contributed by atoms with van der Waals surface area (Å²) in [7, 11) is 0. The number of hydrogen-bond donors (Lipinski definition) is 3. The van der Waals surface area contributed by atoms with E-state index in [4.69, 9.17) is 22.7 Å². The highest BCUT2D eigenvalue weighted by Gasteiger charge is 2.16. The average molecular weight is 284 g/mol. The summed E-state index contributed by atoms with van der Waals surface area (Å²) in [6.07, 6.45) is 2.90. The van der Waals surface area contributed by atoms with Gasteiger partial charge in [0.25, 0.3) is 0 Å². The zero-order valence-electron chi connectivity index (χ0n) is 10.8. The Labute approximate surface area is 117 Å². The standard InChI is InChI=1S/C12H18ClN5O/c1-2-6-17-12(19)18(11(14)15)8-5-10-9(13)4-3-7-16-10/h3-4,7H,2,5-6,8H2,1H3,(H3,14,15)(H,17,19). The fourth-order valence-electron chi connectivity index (χ4n) is 1.48. The van der Waals surface area contributed by atoms with E-state index in [1.165, 1.54) is 4.90 Å². The lowest BCUT2D eigenvalue weighted by atomic mass is 10.2. The monoisotopic (exact) mass is 283 g/mol. The normalized spacial score (nSPS) is 10.0. The molecular weight excluding hydrogens is 266 g/mol. The molecule has 0 aromatic carbocycles. The lowest BCUT2D eigenvalue weighted by Crippen LogP contribution is -2.48. The fourth-order valence-corrected chi connectivity index (χ4v) is 1.69. The first-order chi connectivity index (χ1) is 9.06. The van der Waals surface area contributed by atoms with Crippen LogP contribution >= 0.6 is 11.6 Å². The van der Waals surface area contributed by atoms with Crippen molar-refractivity contribution in [3.8, 4) is 0 Å². The van der Waals surface area contributed by atoms with Crippen LogP contribution in [-0.2, 0) is 6.42 Å². The molecule has 1 aromatic heterocycles. The topological polar surface area (TPSA) is 95.1 Å². The Bertz CT molecular complexity index is 452. The van der Waals surface area contributed by atoms with Gasteiger partial charge in [-0.15, -0.1) is 0 Å². The van der Waals surface area contributed by atoms with Crippen LogP contribution in [0.2, 0.25) is 5.02 Å². The van der Waals surface area contributed by atoms with Crippen molar-refractivity contribution in [3.63, 3.8) is 0 Å². The molecule has 6 nitrogen and oxygen atoms in total. The molecule has 2 amide bonds. The van der Waals surface area contributed by atoms with E-state index in [0.29, 0.717) is 23.7 Å². The van der Waals surface area contributed by atoms with Crippen molar-refractivity contribution >= 4 is 23.6 Å². The molecule has 7 heteroatoms. The maximum absolute atomic E-state index is 11.8. The highest BCUT2D eigenvalue weighted by molar-refractivity contribution is 6.31. The van der Waals surface area contributed by atoms with Gasteiger partial charge in [0.05, 0.1) is 10.7 Å². The molecule has 0 aliphatic rings. The Kier molecular flexibility index (Phi) is 6.08. The van der Waals surface area contributed by atoms with Crippen molar-refractivity contribution in [1.82, 2.24) is 15.2 Å². The van der Waals surface area contributed by atoms with Crippen LogP contribution in [0.1, 0.15) is 19.0 Å². The maximum atomic E-state index is 11.8. The van der Waals surface area contributed by atoms with Gasteiger partial charge in [-0.05, 0) is 18.6 Å². The fraction of sp³-hybridized carbons (Fsp3) is 0.417. The summed E-state index contributed by atoms with van der Waals surface area (Å²) in [5.74, 6) is -0.291. The van der Waals surface area contributed by atoms with Gasteiger partial charge in [-0.25, -0.2) is 4.79 Å². The third-order valence-corrected chi connectivity index (χ3v) is 2.81. The Morgan fingerprint density at radius 1 is 1.63 bits per heavy atom. The van der Waals surface area contributed by atoms with E-state index in [2.05, 4.69) is 10.3 Å². The summed E-state index contributed by atoms with van der Waals surface area (Å²) in [6, 6.07) is 3.10. The summed E-state index contributed by atoms with van der Waals surface area (Å²) in [4.78, 5) is 17.1. The number of halogens is 1. The maximum Gasteiger partial charge on any atom is 0.324 e. The van der Waals surface area contributed by atoms with Gasteiger partial charge < -0.3 is 11.1 Å². The molecular formula is C12H18ClN5O. The minimum atomic E-state index is -0.374. The van der Waals surface area contributed by atoms with Gasteiger partial charge in [-0.3, -0.25) is 15.3 Å². The molecule has 19 heavy (non-hydrogen) atoms. The predicted octanol–water partition coefficient (Wildman–Crippen LogP) is 1.59. The number of hydrogen-bond acceptors (Lipinski definition) is 3. The number of amides is 2. The van der Waals surface area contributed by atoms with Gasteiger partial charge in [0.2, 0.25) is 0 Å². The lowest BCUT2D eigenvalue weighted by molar-refractivity contribution is 0.220. The summed E-state index contributed by atoms with van der Waals surface area (Å²) < 4.78 is 0. The minimum Gasteiger partial charge on any atom is -0.370 e. The van der Waals surface area contributed by atoms with Gasteiger partial charge >= 0.3 is 6.03 Å². The third kappa shape index (κ3) is 4.75. The molecule has 0 unspecified atom stereocenters. The lowest BCUT2D eigenvalue weighted by Gasteiger charge is -2.20.